The van der Waals surface area contributed by atoms with Crippen molar-refractivity contribution in [1.82, 2.24) is 4.90 Å². The number of ether oxygens (including phenoxy) is 1. The Kier molecular flexibility index (Phi) is 5.03. The summed E-state index contributed by atoms with van der Waals surface area (Å²) in [6.45, 7) is 2.35. The van der Waals surface area contributed by atoms with E-state index in [4.69, 9.17) is 4.74 Å². The van der Waals surface area contributed by atoms with Crippen LogP contribution in [0.2, 0.25) is 0 Å². The Morgan fingerprint density at radius 1 is 1.16 bits per heavy atom. The highest BCUT2D eigenvalue weighted by Gasteiger charge is 2.28. The SMILES string of the molecule is Cc1ccc(NC(=O)CN(C)C(=O)C2COc3ccccc3C2)cc1. The first kappa shape index (κ1) is 17.0. The highest BCUT2D eigenvalue weighted by molar-refractivity contribution is 5.94. The van der Waals surface area contributed by atoms with Gasteiger partial charge >= 0.3 is 0 Å². The number of likely N-dealkylation sites (N-methyl/N-ethyl adjacent to an activating group) is 1. The molecule has 0 radical (unpaired) electrons. The molecule has 1 atom stereocenters. The van der Waals surface area contributed by atoms with Crippen molar-refractivity contribution in [2.75, 3.05) is 25.5 Å². The van der Waals surface area contributed by atoms with Crippen LogP contribution in [0.25, 0.3) is 0 Å². The van der Waals surface area contributed by atoms with Crippen molar-refractivity contribution in [1.29, 1.82) is 0 Å². The fourth-order valence-corrected chi connectivity index (χ4v) is 2.93. The molecule has 1 N–H and O–H groups in total. The maximum atomic E-state index is 12.6. The van der Waals surface area contributed by atoms with Gasteiger partial charge in [-0.2, -0.15) is 0 Å². The molecule has 2 aromatic rings. The standard InChI is InChI=1S/C20H22N2O3/c1-14-7-9-17(10-8-14)21-19(23)12-22(2)20(24)16-11-15-5-3-4-6-18(15)25-13-16/h3-10,16H,11-13H2,1-2H3,(H,21,23). The predicted octanol–water partition coefficient (Wildman–Crippen LogP) is 2.64. The second-order valence-electron chi connectivity index (χ2n) is 6.43. The number of benzene rings is 2. The number of anilines is 1. The number of nitrogens with zero attached hydrogens (tertiary/aromatic N) is 1. The molecule has 1 unspecified atom stereocenters. The minimum Gasteiger partial charge on any atom is -0.492 e. The number of nitrogens with one attached hydrogen (secondary N) is 1. The van der Waals surface area contributed by atoms with Gasteiger partial charge in [-0.25, -0.2) is 0 Å². The van der Waals surface area contributed by atoms with E-state index in [-0.39, 0.29) is 24.3 Å². The number of fused-ring (bicyclic) bond motifs is 1. The average molecular weight is 338 g/mol. The zero-order valence-electron chi connectivity index (χ0n) is 14.5. The molecule has 2 aromatic carbocycles. The van der Waals surface area contributed by atoms with Crippen molar-refractivity contribution in [3.63, 3.8) is 0 Å². The molecule has 0 saturated heterocycles. The van der Waals surface area contributed by atoms with Gasteiger partial charge in [0.25, 0.3) is 0 Å². The van der Waals surface area contributed by atoms with E-state index in [1.54, 1.807) is 7.05 Å². The van der Waals surface area contributed by atoms with Gasteiger partial charge in [0.05, 0.1) is 12.5 Å². The van der Waals surface area contributed by atoms with Crippen LogP contribution >= 0.6 is 0 Å². The fourth-order valence-electron chi connectivity index (χ4n) is 2.93. The largest absolute Gasteiger partial charge is 0.492 e. The van der Waals surface area contributed by atoms with Crippen LogP contribution in [0.15, 0.2) is 48.5 Å². The smallest absolute Gasteiger partial charge is 0.243 e. The van der Waals surface area contributed by atoms with Crippen molar-refractivity contribution in [3.05, 3.63) is 59.7 Å². The summed E-state index contributed by atoms with van der Waals surface area (Å²) in [7, 11) is 1.65. The molecule has 3 rings (SSSR count). The molecule has 0 fully saturated rings. The molecule has 130 valence electrons. The molecular formula is C20H22N2O3. The van der Waals surface area contributed by atoms with Gasteiger partial charge in [-0.15, -0.1) is 0 Å². The minimum atomic E-state index is -0.257. The van der Waals surface area contributed by atoms with Gasteiger partial charge in [0, 0.05) is 12.7 Å². The Morgan fingerprint density at radius 2 is 1.88 bits per heavy atom. The third-order valence-corrected chi connectivity index (χ3v) is 4.32. The van der Waals surface area contributed by atoms with Crippen LogP contribution in [0.1, 0.15) is 11.1 Å². The average Bonchev–Trinajstić information content (AvgIpc) is 2.62. The first-order valence-electron chi connectivity index (χ1n) is 8.35. The monoisotopic (exact) mass is 338 g/mol. The van der Waals surface area contributed by atoms with Crippen molar-refractivity contribution in [2.24, 2.45) is 5.92 Å². The van der Waals surface area contributed by atoms with Gasteiger partial charge in [-0.1, -0.05) is 35.9 Å². The molecule has 0 aliphatic carbocycles. The molecule has 1 heterocycles. The predicted molar refractivity (Wildman–Crippen MR) is 96.6 cm³/mol. The lowest BCUT2D eigenvalue weighted by Gasteiger charge is -2.28. The number of carbonyl (C=O) groups is 2. The molecule has 25 heavy (non-hydrogen) atoms. The summed E-state index contributed by atoms with van der Waals surface area (Å²) in [6.07, 6.45) is 0.638. The molecule has 5 nitrogen and oxygen atoms in total. The number of rotatable bonds is 4. The number of carbonyl (C=O) groups excluding carboxylic acids is 2. The van der Waals surface area contributed by atoms with E-state index in [1.807, 2.05) is 55.5 Å². The zero-order chi connectivity index (χ0) is 17.8. The summed E-state index contributed by atoms with van der Waals surface area (Å²) in [5.41, 5.74) is 2.89. The zero-order valence-corrected chi connectivity index (χ0v) is 14.5. The maximum Gasteiger partial charge on any atom is 0.243 e. The third-order valence-electron chi connectivity index (χ3n) is 4.32. The maximum absolute atomic E-state index is 12.6. The van der Waals surface area contributed by atoms with Crippen LogP contribution in [0, 0.1) is 12.8 Å². The van der Waals surface area contributed by atoms with E-state index in [2.05, 4.69) is 5.32 Å². The number of hydrogen-bond acceptors (Lipinski definition) is 3. The van der Waals surface area contributed by atoms with Gasteiger partial charge in [-0.05, 0) is 37.1 Å². The number of hydrogen-bond donors (Lipinski definition) is 1. The first-order chi connectivity index (χ1) is 12.0. The van der Waals surface area contributed by atoms with Crippen LogP contribution < -0.4 is 10.1 Å². The quantitative estimate of drug-likeness (QED) is 0.932. The Hall–Kier alpha value is -2.82. The molecule has 0 saturated carbocycles. The minimum absolute atomic E-state index is 0.0187. The van der Waals surface area contributed by atoms with Crippen LogP contribution in [0.5, 0.6) is 5.75 Å². The molecular weight excluding hydrogens is 316 g/mol. The van der Waals surface area contributed by atoms with Crippen molar-refractivity contribution in [2.45, 2.75) is 13.3 Å². The molecule has 0 spiro atoms. The Balaban J connectivity index is 1.56. The Morgan fingerprint density at radius 3 is 2.64 bits per heavy atom. The fraction of sp³-hybridized carbons (Fsp3) is 0.300. The lowest BCUT2D eigenvalue weighted by molar-refractivity contribution is -0.138. The van der Waals surface area contributed by atoms with Gasteiger partial charge in [0.15, 0.2) is 0 Å². The summed E-state index contributed by atoms with van der Waals surface area (Å²) in [4.78, 5) is 26.2. The summed E-state index contributed by atoms with van der Waals surface area (Å²) >= 11 is 0. The van der Waals surface area contributed by atoms with Crippen LogP contribution in [-0.2, 0) is 16.0 Å². The van der Waals surface area contributed by atoms with Crippen LogP contribution in [0.3, 0.4) is 0 Å². The first-order valence-corrected chi connectivity index (χ1v) is 8.35. The molecule has 1 aliphatic heterocycles. The highest BCUT2D eigenvalue weighted by Crippen LogP contribution is 2.27. The van der Waals surface area contributed by atoms with Crippen molar-refractivity contribution < 1.29 is 14.3 Å². The summed E-state index contributed by atoms with van der Waals surface area (Å²) in [6, 6.07) is 15.3. The molecule has 0 bridgehead atoms. The van der Waals surface area contributed by atoms with Gasteiger partial charge in [-0.3, -0.25) is 9.59 Å². The van der Waals surface area contributed by atoms with Crippen LogP contribution in [-0.4, -0.2) is 36.9 Å². The molecule has 5 heteroatoms. The van der Waals surface area contributed by atoms with E-state index in [9.17, 15) is 9.59 Å². The number of para-hydroxylation sites is 1. The number of amides is 2. The van der Waals surface area contributed by atoms with Gasteiger partial charge in [0.1, 0.15) is 12.4 Å². The van der Waals surface area contributed by atoms with E-state index in [1.165, 1.54) is 4.90 Å². The lowest BCUT2D eigenvalue weighted by atomic mass is 9.95. The second-order valence-corrected chi connectivity index (χ2v) is 6.43. The van der Waals surface area contributed by atoms with E-state index >= 15 is 0 Å². The highest BCUT2D eigenvalue weighted by atomic mass is 16.5. The number of aryl methyl sites for hydroxylation is 1. The summed E-state index contributed by atoms with van der Waals surface area (Å²) in [5, 5.41) is 2.81. The van der Waals surface area contributed by atoms with Crippen molar-refractivity contribution >= 4 is 17.5 Å². The molecule has 1 aliphatic rings. The summed E-state index contributed by atoms with van der Waals surface area (Å²) in [5.74, 6) is 0.295. The third kappa shape index (κ3) is 4.18. The van der Waals surface area contributed by atoms with Crippen molar-refractivity contribution in [3.8, 4) is 5.75 Å². The second kappa shape index (κ2) is 7.38. The molecule has 2 amide bonds. The lowest BCUT2D eigenvalue weighted by Crippen LogP contribution is -2.42. The normalized spacial score (nSPS) is 15.7. The molecule has 0 aromatic heterocycles. The Bertz CT molecular complexity index is 771. The van der Waals surface area contributed by atoms with Crippen LogP contribution in [0.4, 0.5) is 5.69 Å². The topological polar surface area (TPSA) is 58.6 Å². The Labute approximate surface area is 147 Å². The van der Waals surface area contributed by atoms with Gasteiger partial charge < -0.3 is 15.0 Å². The van der Waals surface area contributed by atoms with E-state index < -0.39 is 0 Å². The van der Waals surface area contributed by atoms with E-state index in [0.29, 0.717) is 13.0 Å². The summed E-state index contributed by atoms with van der Waals surface area (Å²) < 4.78 is 5.67. The van der Waals surface area contributed by atoms with E-state index in [0.717, 1.165) is 22.6 Å². The van der Waals surface area contributed by atoms with Gasteiger partial charge in [0.2, 0.25) is 11.8 Å².